The van der Waals surface area contributed by atoms with E-state index in [1.165, 1.54) is 19.3 Å². The Kier molecular flexibility index (Phi) is 5.20. The molecule has 2 heteroatoms. The van der Waals surface area contributed by atoms with Gasteiger partial charge in [0.25, 0.3) is 0 Å². The molecule has 14 heavy (non-hydrogen) atoms. The highest BCUT2D eigenvalue weighted by molar-refractivity contribution is 5.06. The number of hydrogen-bond acceptors (Lipinski definition) is 2. The van der Waals surface area contributed by atoms with Crippen molar-refractivity contribution in [3.63, 3.8) is 0 Å². The van der Waals surface area contributed by atoms with Gasteiger partial charge < -0.3 is 10.4 Å². The minimum Gasteiger partial charge on any atom is -0.396 e. The number of unbranched alkanes of at least 4 members (excludes halogenated alkanes) is 1. The first-order valence-corrected chi connectivity index (χ1v) is 5.81. The standard InChI is InChI=1S/C12H23NO/c1-3-4-5-10(2)13-12-7-6-11(8-12)9-14/h6-7,10-14H,3-5,8-9H2,1-2H3/t10?,11-,12+/m0/s1. The van der Waals surface area contributed by atoms with Crippen molar-refractivity contribution in [2.24, 2.45) is 5.92 Å². The van der Waals surface area contributed by atoms with Crippen LogP contribution in [-0.4, -0.2) is 23.8 Å². The molecule has 1 aliphatic carbocycles. The molecule has 0 aromatic carbocycles. The van der Waals surface area contributed by atoms with Crippen LogP contribution in [0.1, 0.15) is 39.5 Å². The monoisotopic (exact) mass is 197 g/mol. The largest absolute Gasteiger partial charge is 0.396 e. The second-order valence-electron chi connectivity index (χ2n) is 4.38. The highest BCUT2D eigenvalue weighted by atomic mass is 16.3. The van der Waals surface area contributed by atoms with E-state index in [0.29, 0.717) is 18.0 Å². The Bertz CT molecular complexity index is 179. The van der Waals surface area contributed by atoms with E-state index in [2.05, 4.69) is 31.3 Å². The fourth-order valence-corrected chi connectivity index (χ4v) is 1.99. The molecule has 0 aliphatic heterocycles. The summed E-state index contributed by atoms with van der Waals surface area (Å²) in [6, 6.07) is 1.08. The van der Waals surface area contributed by atoms with Crippen LogP contribution in [-0.2, 0) is 0 Å². The molecule has 2 nitrogen and oxygen atoms in total. The van der Waals surface area contributed by atoms with Crippen LogP contribution in [0.4, 0.5) is 0 Å². The van der Waals surface area contributed by atoms with Crippen LogP contribution in [0, 0.1) is 5.92 Å². The lowest BCUT2D eigenvalue weighted by Gasteiger charge is -2.18. The van der Waals surface area contributed by atoms with Gasteiger partial charge in [-0.25, -0.2) is 0 Å². The van der Waals surface area contributed by atoms with Gasteiger partial charge in [-0.1, -0.05) is 31.9 Å². The summed E-state index contributed by atoms with van der Waals surface area (Å²) in [6.07, 6.45) is 9.21. The third-order valence-corrected chi connectivity index (χ3v) is 2.90. The number of rotatable bonds is 6. The maximum atomic E-state index is 8.98. The summed E-state index contributed by atoms with van der Waals surface area (Å²) in [7, 11) is 0. The molecule has 0 saturated heterocycles. The van der Waals surface area contributed by atoms with Gasteiger partial charge in [0.1, 0.15) is 0 Å². The Hall–Kier alpha value is -0.340. The molecular weight excluding hydrogens is 174 g/mol. The first kappa shape index (κ1) is 11.7. The molecule has 0 heterocycles. The maximum Gasteiger partial charge on any atom is 0.0494 e. The second-order valence-corrected chi connectivity index (χ2v) is 4.38. The molecule has 0 aromatic heterocycles. The molecule has 1 rings (SSSR count). The van der Waals surface area contributed by atoms with Gasteiger partial charge in [-0.3, -0.25) is 0 Å². The van der Waals surface area contributed by atoms with Crippen molar-refractivity contribution < 1.29 is 5.11 Å². The first-order valence-electron chi connectivity index (χ1n) is 5.81. The molecule has 3 atom stereocenters. The normalized spacial score (nSPS) is 28.2. The van der Waals surface area contributed by atoms with E-state index in [4.69, 9.17) is 5.11 Å². The number of aliphatic hydroxyl groups excluding tert-OH is 1. The third-order valence-electron chi connectivity index (χ3n) is 2.90. The van der Waals surface area contributed by atoms with E-state index in [-0.39, 0.29) is 6.61 Å². The highest BCUT2D eigenvalue weighted by Gasteiger charge is 2.18. The zero-order valence-electron chi connectivity index (χ0n) is 9.37. The van der Waals surface area contributed by atoms with E-state index < -0.39 is 0 Å². The zero-order valence-corrected chi connectivity index (χ0v) is 9.37. The molecule has 0 saturated carbocycles. The topological polar surface area (TPSA) is 32.3 Å². The lowest BCUT2D eigenvalue weighted by Crippen LogP contribution is -2.34. The first-order chi connectivity index (χ1) is 6.76. The summed E-state index contributed by atoms with van der Waals surface area (Å²) < 4.78 is 0. The molecule has 2 N–H and O–H groups in total. The van der Waals surface area contributed by atoms with E-state index in [0.717, 1.165) is 6.42 Å². The Morgan fingerprint density at radius 1 is 1.50 bits per heavy atom. The maximum absolute atomic E-state index is 8.98. The molecular formula is C12H23NO. The van der Waals surface area contributed by atoms with Crippen LogP contribution in [0.3, 0.4) is 0 Å². The molecule has 0 amide bonds. The van der Waals surface area contributed by atoms with Crippen molar-refractivity contribution in [1.29, 1.82) is 0 Å². The summed E-state index contributed by atoms with van der Waals surface area (Å²) in [5.74, 6) is 0.380. The molecule has 0 spiro atoms. The molecule has 82 valence electrons. The predicted octanol–water partition coefficient (Wildman–Crippen LogP) is 2.09. The van der Waals surface area contributed by atoms with Gasteiger partial charge in [0.2, 0.25) is 0 Å². The number of aliphatic hydroxyl groups is 1. The fourth-order valence-electron chi connectivity index (χ4n) is 1.99. The number of nitrogens with one attached hydrogen (secondary N) is 1. The lowest BCUT2D eigenvalue weighted by atomic mass is 10.1. The Morgan fingerprint density at radius 2 is 2.29 bits per heavy atom. The third kappa shape index (κ3) is 3.81. The molecule has 0 aromatic rings. The van der Waals surface area contributed by atoms with E-state index in [1.807, 2.05) is 0 Å². The van der Waals surface area contributed by atoms with Gasteiger partial charge >= 0.3 is 0 Å². The van der Waals surface area contributed by atoms with Crippen LogP contribution in [0.25, 0.3) is 0 Å². The quantitative estimate of drug-likeness (QED) is 0.639. The SMILES string of the molecule is CCCCC(C)N[C@@H]1C=C[C@H](CO)C1. The van der Waals surface area contributed by atoms with Crippen LogP contribution in [0.15, 0.2) is 12.2 Å². The Balaban J connectivity index is 2.16. The van der Waals surface area contributed by atoms with Gasteiger partial charge in [0.15, 0.2) is 0 Å². The van der Waals surface area contributed by atoms with Crippen molar-refractivity contribution in [2.45, 2.75) is 51.6 Å². The summed E-state index contributed by atoms with van der Waals surface area (Å²) in [5, 5.41) is 12.6. The van der Waals surface area contributed by atoms with Crippen LogP contribution in [0.2, 0.25) is 0 Å². The minimum atomic E-state index is 0.290. The average molecular weight is 197 g/mol. The zero-order chi connectivity index (χ0) is 10.4. The van der Waals surface area contributed by atoms with Crippen molar-refractivity contribution >= 4 is 0 Å². The molecule has 0 fully saturated rings. The molecule has 0 bridgehead atoms. The van der Waals surface area contributed by atoms with Crippen molar-refractivity contribution in [1.82, 2.24) is 5.32 Å². The Morgan fingerprint density at radius 3 is 2.86 bits per heavy atom. The van der Waals surface area contributed by atoms with Gasteiger partial charge in [-0.2, -0.15) is 0 Å². The summed E-state index contributed by atoms with van der Waals surface area (Å²) in [6.45, 7) is 4.76. The van der Waals surface area contributed by atoms with Crippen LogP contribution < -0.4 is 5.32 Å². The van der Waals surface area contributed by atoms with Crippen molar-refractivity contribution in [3.8, 4) is 0 Å². The van der Waals surface area contributed by atoms with Crippen LogP contribution >= 0.6 is 0 Å². The summed E-state index contributed by atoms with van der Waals surface area (Å²) in [4.78, 5) is 0. The van der Waals surface area contributed by atoms with Crippen LogP contribution in [0.5, 0.6) is 0 Å². The van der Waals surface area contributed by atoms with Gasteiger partial charge in [-0.15, -0.1) is 0 Å². The lowest BCUT2D eigenvalue weighted by molar-refractivity contribution is 0.244. The van der Waals surface area contributed by atoms with Gasteiger partial charge in [0, 0.05) is 24.6 Å². The van der Waals surface area contributed by atoms with E-state index in [1.54, 1.807) is 0 Å². The smallest absolute Gasteiger partial charge is 0.0494 e. The molecule has 1 unspecified atom stereocenters. The van der Waals surface area contributed by atoms with E-state index in [9.17, 15) is 0 Å². The minimum absolute atomic E-state index is 0.290. The van der Waals surface area contributed by atoms with Crippen molar-refractivity contribution in [3.05, 3.63) is 12.2 Å². The summed E-state index contributed by atoms with van der Waals surface area (Å²) in [5.41, 5.74) is 0. The van der Waals surface area contributed by atoms with Gasteiger partial charge in [-0.05, 0) is 19.8 Å². The number of hydrogen-bond donors (Lipinski definition) is 2. The summed E-state index contributed by atoms with van der Waals surface area (Å²) >= 11 is 0. The predicted molar refractivity (Wildman–Crippen MR) is 60.2 cm³/mol. The molecule has 0 radical (unpaired) electrons. The average Bonchev–Trinajstić information content (AvgIpc) is 2.62. The Labute approximate surface area is 87.4 Å². The fraction of sp³-hybridized carbons (Fsp3) is 0.833. The van der Waals surface area contributed by atoms with Gasteiger partial charge in [0.05, 0.1) is 0 Å². The highest BCUT2D eigenvalue weighted by Crippen LogP contribution is 2.17. The van der Waals surface area contributed by atoms with E-state index >= 15 is 0 Å². The molecule has 1 aliphatic rings. The van der Waals surface area contributed by atoms with Crippen molar-refractivity contribution in [2.75, 3.05) is 6.61 Å². The second kappa shape index (κ2) is 6.20.